The largest absolute Gasteiger partial charge is 0.508 e. The molecule has 1 aromatic heterocycles. The number of rotatable bonds is 10. The molecule has 182 valence electrons. The van der Waals surface area contributed by atoms with E-state index in [-0.39, 0.29) is 0 Å². The first kappa shape index (κ1) is 23.2. The van der Waals surface area contributed by atoms with Crippen molar-refractivity contribution in [2.75, 3.05) is 33.8 Å². The highest BCUT2D eigenvalue weighted by Crippen LogP contribution is 2.35. The van der Waals surface area contributed by atoms with Crippen LogP contribution in [0.3, 0.4) is 0 Å². The standard InChI is InChI=1S/C28H37N3O3/c1-30(2)18-25-27(33-19-22-3-4-22)12-10-24-26(29-34-28(24)25)11-7-20-13-15-31(16-14-20)17-21-5-8-23(32)9-6-21/h5-6,8-10,12,20,22,32H,3-4,7,11,13-19H2,1-2H3. The van der Waals surface area contributed by atoms with Gasteiger partial charge in [0.2, 0.25) is 0 Å². The van der Waals surface area contributed by atoms with E-state index in [1.54, 1.807) is 12.1 Å². The van der Waals surface area contributed by atoms with Crippen molar-refractivity contribution in [3.63, 3.8) is 0 Å². The van der Waals surface area contributed by atoms with E-state index in [2.05, 4.69) is 41.2 Å². The van der Waals surface area contributed by atoms with Crippen LogP contribution in [0.15, 0.2) is 40.9 Å². The fourth-order valence-electron chi connectivity index (χ4n) is 5.00. The Hall–Kier alpha value is -2.57. The van der Waals surface area contributed by atoms with Gasteiger partial charge < -0.3 is 19.3 Å². The lowest BCUT2D eigenvalue weighted by molar-refractivity contribution is 0.172. The highest BCUT2D eigenvalue weighted by Gasteiger charge is 2.24. The van der Waals surface area contributed by atoms with Crippen molar-refractivity contribution in [3.8, 4) is 11.5 Å². The molecule has 2 aliphatic rings. The maximum absolute atomic E-state index is 9.48. The Kier molecular flexibility index (Phi) is 7.07. The van der Waals surface area contributed by atoms with Gasteiger partial charge in [0.25, 0.3) is 0 Å². The minimum atomic E-state index is 0.332. The quantitative estimate of drug-likeness (QED) is 0.444. The van der Waals surface area contributed by atoms with Gasteiger partial charge in [-0.1, -0.05) is 17.3 Å². The first-order valence-corrected chi connectivity index (χ1v) is 12.7. The van der Waals surface area contributed by atoms with Crippen LogP contribution in [0, 0.1) is 11.8 Å². The molecule has 3 aromatic rings. The van der Waals surface area contributed by atoms with E-state index >= 15 is 0 Å². The molecule has 1 saturated carbocycles. The summed E-state index contributed by atoms with van der Waals surface area (Å²) in [7, 11) is 4.16. The van der Waals surface area contributed by atoms with Crippen molar-refractivity contribution in [2.24, 2.45) is 11.8 Å². The minimum Gasteiger partial charge on any atom is -0.508 e. The van der Waals surface area contributed by atoms with Crippen molar-refractivity contribution < 1.29 is 14.4 Å². The Bertz CT molecular complexity index is 1080. The van der Waals surface area contributed by atoms with E-state index in [4.69, 9.17) is 9.26 Å². The number of phenolic OH excluding ortho intramolecular Hbond substituents is 1. The minimum absolute atomic E-state index is 0.332. The third-order valence-electron chi connectivity index (χ3n) is 7.26. The van der Waals surface area contributed by atoms with Gasteiger partial charge in [-0.15, -0.1) is 0 Å². The van der Waals surface area contributed by atoms with Crippen molar-refractivity contribution in [1.82, 2.24) is 15.0 Å². The summed E-state index contributed by atoms with van der Waals surface area (Å²) in [6.07, 6.45) is 7.12. The summed E-state index contributed by atoms with van der Waals surface area (Å²) in [5, 5.41) is 15.1. The number of piperidine rings is 1. The lowest BCUT2D eigenvalue weighted by atomic mass is 9.91. The average molecular weight is 464 g/mol. The van der Waals surface area contributed by atoms with Gasteiger partial charge in [-0.25, -0.2) is 0 Å². The number of hydrogen-bond acceptors (Lipinski definition) is 6. The molecule has 6 heteroatoms. The molecule has 0 atom stereocenters. The number of fused-ring (bicyclic) bond motifs is 1. The Labute approximate surface area is 202 Å². The highest BCUT2D eigenvalue weighted by molar-refractivity contribution is 5.84. The third kappa shape index (κ3) is 5.73. The normalized spacial score (nSPS) is 17.6. The molecule has 1 N–H and O–H groups in total. The summed E-state index contributed by atoms with van der Waals surface area (Å²) in [5.74, 6) is 2.72. The van der Waals surface area contributed by atoms with Crippen molar-refractivity contribution in [2.45, 2.75) is 51.6 Å². The molecule has 34 heavy (non-hydrogen) atoms. The molecule has 5 rings (SSSR count). The lowest BCUT2D eigenvalue weighted by Gasteiger charge is -2.32. The fraction of sp³-hybridized carbons (Fsp3) is 0.536. The predicted octanol–water partition coefficient (Wildman–Crippen LogP) is 5.23. The van der Waals surface area contributed by atoms with Crippen molar-refractivity contribution >= 4 is 11.0 Å². The van der Waals surface area contributed by atoms with Gasteiger partial charge in [-0.3, -0.25) is 4.90 Å². The molecule has 6 nitrogen and oxygen atoms in total. The zero-order valence-corrected chi connectivity index (χ0v) is 20.5. The van der Waals surface area contributed by atoms with Crippen molar-refractivity contribution in [1.29, 1.82) is 0 Å². The van der Waals surface area contributed by atoms with Gasteiger partial charge >= 0.3 is 0 Å². The van der Waals surface area contributed by atoms with Gasteiger partial charge in [-0.05, 0) is 107 Å². The fourth-order valence-corrected chi connectivity index (χ4v) is 5.00. The summed E-state index contributed by atoms with van der Waals surface area (Å²) >= 11 is 0. The molecular formula is C28H37N3O3. The van der Waals surface area contributed by atoms with Gasteiger partial charge in [0.05, 0.1) is 17.9 Å². The summed E-state index contributed by atoms with van der Waals surface area (Å²) in [4.78, 5) is 4.68. The second kappa shape index (κ2) is 10.4. The molecule has 0 amide bonds. The van der Waals surface area contributed by atoms with E-state index in [0.717, 1.165) is 85.4 Å². The predicted molar refractivity (Wildman–Crippen MR) is 134 cm³/mol. The van der Waals surface area contributed by atoms with Gasteiger partial charge in [0.15, 0.2) is 5.58 Å². The van der Waals surface area contributed by atoms with Crippen LogP contribution in [-0.2, 0) is 19.5 Å². The van der Waals surface area contributed by atoms with E-state index in [1.165, 1.54) is 31.2 Å². The van der Waals surface area contributed by atoms with E-state index in [1.807, 2.05) is 12.1 Å². The van der Waals surface area contributed by atoms with Gasteiger partial charge in [-0.2, -0.15) is 0 Å². The number of aryl methyl sites for hydroxylation is 1. The molecule has 0 spiro atoms. The second-order valence-corrected chi connectivity index (χ2v) is 10.5. The van der Waals surface area contributed by atoms with Gasteiger partial charge in [0, 0.05) is 18.5 Å². The second-order valence-electron chi connectivity index (χ2n) is 10.5. The highest BCUT2D eigenvalue weighted by atomic mass is 16.5. The zero-order valence-electron chi connectivity index (χ0n) is 20.5. The van der Waals surface area contributed by atoms with Crippen LogP contribution in [0.5, 0.6) is 11.5 Å². The third-order valence-corrected chi connectivity index (χ3v) is 7.26. The molecular weight excluding hydrogens is 426 g/mol. The first-order chi connectivity index (χ1) is 16.5. The average Bonchev–Trinajstić information content (AvgIpc) is 3.57. The summed E-state index contributed by atoms with van der Waals surface area (Å²) in [6.45, 7) is 4.80. The molecule has 2 aromatic carbocycles. The van der Waals surface area contributed by atoms with Crippen LogP contribution in [0.2, 0.25) is 0 Å². The molecule has 1 aliphatic carbocycles. The topological polar surface area (TPSA) is 62.0 Å². The molecule has 1 saturated heterocycles. The summed E-state index contributed by atoms with van der Waals surface area (Å²) < 4.78 is 12.1. The lowest BCUT2D eigenvalue weighted by Crippen LogP contribution is -2.33. The van der Waals surface area contributed by atoms with E-state index < -0.39 is 0 Å². The maximum atomic E-state index is 9.48. The van der Waals surface area contributed by atoms with Crippen LogP contribution in [0.25, 0.3) is 11.0 Å². The van der Waals surface area contributed by atoms with E-state index in [9.17, 15) is 5.11 Å². The molecule has 0 radical (unpaired) electrons. The summed E-state index contributed by atoms with van der Waals surface area (Å²) in [5.41, 5.74) is 4.35. The molecule has 2 fully saturated rings. The summed E-state index contributed by atoms with van der Waals surface area (Å²) in [6, 6.07) is 11.8. The Morgan fingerprint density at radius 2 is 1.79 bits per heavy atom. The van der Waals surface area contributed by atoms with Crippen LogP contribution >= 0.6 is 0 Å². The number of phenols is 1. The molecule has 1 aliphatic heterocycles. The zero-order chi connectivity index (χ0) is 23.5. The Morgan fingerprint density at radius 3 is 2.50 bits per heavy atom. The van der Waals surface area contributed by atoms with Crippen LogP contribution < -0.4 is 4.74 Å². The van der Waals surface area contributed by atoms with Crippen LogP contribution in [0.4, 0.5) is 0 Å². The SMILES string of the molecule is CN(C)Cc1c(OCC2CC2)ccc2c(CCC3CCN(Cc4ccc(O)cc4)CC3)noc12. The number of hydrogen-bond donors (Lipinski definition) is 1. The monoisotopic (exact) mass is 463 g/mol. The maximum Gasteiger partial charge on any atom is 0.175 e. The molecule has 0 unspecified atom stereocenters. The smallest absolute Gasteiger partial charge is 0.175 e. The molecule has 0 bridgehead atoms. The number of ether oxygens (including phenoxy) is 1. The Balaban J connectivity index is 1.18. The number of likely N-dealkylation sites (tertiary alicyclic amines) is 1. The number of nitrogens with zero attached hydrogens (tertiary/aromatic N) is 3. The van der Waals surface area contributed by atoms with Crippen LogP contribution in [-0.4, -0.2) is 53.9 Å². The Morgan fingerprint density at radius 1 is 1.03 bits per heavy atom. The first-order valence-electron chi connectivity index (χ1n) is 12.7. The number of aromatic hydroxyl groups is 1. The van der Waals surface area contributed by atoms with Crippen LogP contribution in [0.1, 0.15) is 48.9 Å². The molecule has 2 heterocycles. The van der Waals surface area contributed by atoms with Gasteiger partial charge in [0.1, 0.15) is 11.5 Å². The number of aromatic nitrogens is 1. The number of benzene rings is 2. The van der Waals surface area contributed by atoms with E-state index in [0.29, 0.717) is 5.75 Å². The van der Waals surface area contributed by atoms with Crippen molar-refractivity contribution in [3.05, 3.63) is 53.2 Å².